The van der Waals surface area contributed by atoms with E-state index in [2.05, 4.69) is 118 Å². The minimum atomic E-state index is -3.38. The van der Waals surface area contributed by atoms with Gasteiger partial charge in [-0.25, -0.2) is 0 Å². The molecule has 0 bridgehead atoms. The Kier molecular flexibility index (Phi) is 5.80. The first-order chi connectivity index (χ1) is 14.0. The molecule has 0 N–H and O–H groups in total. The number of benzene rings is 3. The summed E-state index contributed by atoms with van der Waals surface area (Å²) in [5.41, 5.74) is 1.63. The van der Waals surface area contributed by atoms with Gasteiger partial charge in [0.25, 0.3) is 0 Å². The van der Waals surface area contributed by atoms with Gasteiger partial charge in [-0.05, 0) is 0 Å². The summed E-state index contributed by atoms with van der Waals surface area (Å²) in [4.78, 5) is 0. The van der Waals surface area contributed by atoms with E-state index in [0.29, 0.717) is 0 Å². The summed E-state index contributed by atoms with van der Waals surface area (Å²) in [5, 5.41) is 0. The van der Waals surface area contributed by atoms with Crippen LogP contribution in [0.5, 0.6) is 0 Å². The summed E-state index contributed by atoms with van der Waals surface area (Å²) in [6.45, 7) is 6.91. The summed E-state index contributed by atoms with van der Waals surface area (Å²) in [7, 11) is 0. The maximum absolute atomic E-state index is 7.27. The van der Waals surface area contributed by atoms with Crippen LogP contribution in [0.4, 0.5) is 0 Å². The molecule has 0 aromatic heterocycles. The summed E-state index contributed by atoms with van der Waals surface area (Å²) in [6, 6.07) is 32.6. The van der Waals surface area contributed by atoms with Gasteiger partial charge in [0.1, 0.15) is 0 Å². The van der Waals surface area contributed by atoms with Gasteiger partial charge in [-0.15, -0.1) is 0 Å². The van der Waals surface area contributed by atoms with Crippen molar-refractivity contribution >= 4 is 26.8 Å². The van der Waals surface area contributed by atoms with E-state index in [9.17, 15) is 0 Å². The van der Waals surface area contributed by atoms with Crippen molar-refractivity contribution in [3.8, 4) is 0 Å². The molecule has 0 spiro atoms. The molecule has 3 aromatic carbocycles. The van der Waals surface area contributed by atoms with Crippen molar-refractivity contribution in [1.29, 1.82) is 0 Å². The van der Waals surface area contributed by atoms with Crippen LogP contribution >= 0.6 is 0 Å². The molecule has 0 saturated carbocycles. The molecule has 0 aliphatic heterocycles. The zero-order valence-electron chi connectivity index (χ0n) is 17.6. The molecule has 0 amide bonds. The third-order valence-electron chi connectivity index (χ3n) is 5.64. The van der Waals surface area contributed by atoms with E-state index in [4.69, 9.17) is 3.76 Å². The number of allylic oxidation sites excluding steroid dienone is 1. The van der Waals surface area contributed by atoms with E-state index >= 15 is 0 Å². The van der Waals surface area contributed by atoms with Crippen LogP contribution in [0.15, 0.2) is 103 Å². The zero-order chi connectivity index (χ0) is 20.3. The fourth-order valence-electron chi connectivity index (χ4n) is 4.62. The zero-order valence-corrected chi connectivity index (χ0v) is 19.7. The predicted octanol–water partition coefficient (Wildman–Crippen LogP) is 4.97. The molecule has 3 aromatic rings. The van der Waals surface area contributed by atoms with Gasteiger partial charge in [0.15, 0.2) is 0 Å². The average molecular weight is 442 g/mol. The quantitative estimate of drug-likeness (QED) is 0.508. The molecule has 0 saturated heterocycles. The van der Waals surface area contributed by atoms with Crippen LogP contribution in [0.25, 0.3) is 0 Å². The first-order valence-electron chi connectivity index (χ1n) is 10.4. The van der Waals surface area contributed by atoms with E-state index in [-0.39, 0.29) is 5.41 Å². The van der Waals surface area contributed by atoms with Crippen molar-refractivity contribution in [2.24, 2.45) is 5.41 Å². The summed E-state index contributed by atoms with van der Waals surface area (Å²) in [6.07, 6.45) is 5.53. The summed E-state index contributed by atoms with van der Waals surface area (Å²) >= 11 is -3.38. The maximum atomic E-state index is 7.27. The SMILES string of the molecule is CC1=C[C]([O][Ge]([c]2ccccc2)([c]2ccccc2)[c]2ccccc2)CC(C)(C)C1. The van der Waals surface area contributed by atoms with Crippen LogP contribution in [-0.4, -0.2) is 13.6 Å². The Bertz CT molecular complexity index is 865. The second-order valence-corrected chi connectivity index (χ2v) is 15.8. The van der Waals surface area contributed by atoms with Crippen molar-refractivity contribution in [3.05, 3.63) is 109 Å². The minimum absolute atomic E-state index is 0.228. The van der Waals surface area contributed by atoms with Crippen molar-refractivity contribution in [2.75, 3.05) is 0 Å². The molecule has 1 nitrogen and oxygen atoms in total. The van der Waals surface area contributed by atoms with Gasteiger partial charge in [-0.3, -0.25) is 0 Å². The first kappa shape index (κ1) is 20.2. The van der Waals surface area contributed by atoms with Crippen LogP contribution in [0.3, 0.4) is 0 Å². The number of hydrogen-bond donors (Lipinski definition) is 0. The standard InChI is InChI=1S/C27H29GeO/c1-22-19-26(21-27(2,3)20-22)29-28(23-13-7-4-8-14-23,24-15-9-5-10-16-24)25-17-11-6-12-18-25/h4-19H,20-21H2,1-3H3. The molecular weight excluding hydrogens is 413 g/mol. The third kappa shape index (κ3) is 4.27. The Morgan fingerprint density at radius 2 is 1.07 bits per heavy atom. The van der Waals surface area contributed by atoms with Crippen LogP contribution in [0, 0.1) is 11.5 Å². The van der Waals surface area contributed by atoms with Crippen LogP contribution < -0.4 is 13.2 Å². The van der Waals surface area contributed by atoms with Gasteiger partial charge < -0.3 is 0 Å². The van der Waals surface area contributed by atoms with Gasteiger partial charge in [0, 0.05) is 0 Å². The van der Waals surface area contributed by atoms with E-state index < -0.39 is 13.6 Å². The Labute approximate surface area is 178 Å². The molecule has 2 heteroatoms. The molecule has 0 fully saturated rings. The van der Waals surface area contributed by atoms with Crippen LogP contribution in [0.2, 0.25) is 0 Å². The Hall–Kier alpha value is -2.10. The van der Waals surface area contributed by atoms with Gasteiger partial charge in [0.05, 0.1) is 0 Å². The summed E-state index contributed by atoms with van der Waals surface area (Å²) in [5.74, 6) is 0. The predicted molar refractivity (Wildman–Crippen MR) is 125 cm³/mol. The Morgan fingerprint density at radius 3 is 1.45 bits per heavy atom. The van der Waals surface area contributed by atoms with Crippen molar-refractivity contribution in [1.82, 2.24) is 0 Å². The summed E-state index contributed by atoms with van der Waals surface area (Å²) < 4.78 is 11.2. The van der Waals surface area contributed by atoms with E-state index in [1.54, 1.807) is 0 Å². The Morgan fingerprint density at radius 1 is 0.655 bits per heavy atom. The fourth-order valence-corrected chi connectivity index (χ4v) is 12.7. The molecular formula is C27H29GeO. The van der Waals surface area contributed by atoms with Gasteiger partial charge >= 0.3 is 178 Å². The first-order valence-corrected chi connectivity index (χ1v) is 14.4. The van der Waals surface area contributed by atoms with Crippen LogP contribution in [-0.2, 0) is 3.76 Å². The van der Waals surface area contributed by atoms with Crippen molar-refractivity contribution in [3.63, 3.8) is 0 Å². The van der Waals surface area contributed by atoms with E-state index in [1.807, 2.05) is 0 Å². The second kappa shape index (κ2) is 8.33. The van der Waals surface area contributed by atoms with Crippen molar-refractivity contribution in [2.45, 2.75) is 33.6 Å². The van der Waals surface area contributed by atoms with Gasteiger partial charge in [-0.1, -0.05) is 0 Å². The van der Waals surface area contributed by atoms with E-state index in [1.165, 1.54) is 18.8 Å². The molecule has 1 aliphatic rings. The van der Waals surface area contributed by atoms with Crippen molar-refractivity contribution < 1.29 is 3.76 Å². The monoisotopic (exact) mass is 443 g/mol. The van der Waals surface area contributed by atoms with Crippen LogP contribution in [0.1, 0.15) is 33.6 Å². The molecule has 147 valence electrons. The molecule has 0 unspecified atom stereocenters. The van der Waals surface area contributed by atoms with E-state index in [0.717, 1.165) is 18.9 Å². The topological polar surface area (TPSA) is 9.23 Å². The molecule has 0 atom stereocenters. The normalized spacial score (nSPS) is 17.0. The number of hydrogen-bond acceptors (Lipinski definition) is 1. The second-order valence-electron chi connectivity index (χ2n) is 8.86. The Balaban J connectivity index is 1.92. The van der Waals surface area contributed by atoms with Gasteiger partial charge in [-0.2, -0.15) is 0 Å². The number of rotatable bonds is 5. The van der Waals surface area contributed by atoms with Gasteiger partial charge in [0.2, 0.25) is 0 Å². The third-order valence-corrected chi connectivity index (χ3v) is 14.1. The molecule has 1 radical (unpaired) electrons. The molecule has 29 heavy (non-hydrogen) atoms. The molecule has 1 aliphatic carbocycles. The fraction of sp³-hybridized carbons (Fsp3) is 0.222. The average Bonchev–Trinajstić information content (AvgIpc) is 2.72. The molecule has 0 heterocycles. The molecule has 4 rings (SSSR count).